The maximum atomic E-state index is 12.6. The van der Waals surface area contributed by atoms with Crippen LogP contribution in [0.25, 0.3) is 0 Å². The van der Waals surface area contributed by atoms with Crippen LogP contribution in [-0.4, -0.2) is 54.3 Å². The van der Waals surface area contributed by atoms with Crippen LogP contribution in [0.3, 0.4) is 0 Å². The molecule has 1 aliphatic heterocycles. The smallest absolute Gasteiger partial charge is 0.343 e. The first kappa shape index (κ1) is 20.9. The molecule has 0 unspecified atom stereocenters. The fraction of sp³-hybridized carbons (Fsp3) is 0.333. The standard InChI is InChI=1S/C21H22F3N3O2/c22-21(23,24)18-8-6-17(7-9-18)20(29)25-14-19(28)27-12-10-26(11-13-27)15-16-4-2-1-3-5-16/h1-9H,10-15H2,(H,25,29). The van der Waals surface area contributed by atoms with E-state index in [1.807, 2.05) is 18.2 Å². The quantitative estimate of drug-likeness (QED) is 0.833. The Bertz CT molecular complexity index is 830. The lowest BCUT2D eigenvalue weighted by Crippen LogP contribution is -2.50. The number of amides is 2. The molecule has 2 aromatic carbocycles. The summed E-state index contributed by atoms with van der Waals surface area (Å²) in [5.41, 5.74) is 0.480. The van der Waals surface area contributed by atoms with E-state index in [1.165, 1.54) is 5.56 Å². The molecule has 0 aliphatic carbocycles. The van der Waals surface area contributed by atoms with Gasteiger partial charge in [-0.05, 0) is 29.8 Å². The summed E-state index contributed by atoms with van der Waals surface area (Å²) < 4.78 is 37.7. The highest BCUT2D eigenvalue weighted by Gasteiger charge is 2.30. The van der Waals surface area contributed by atoms with Gasteiger partial charge in [0.25, 0.3) is 5.91 Å². The summed E-state index contributed by atoms with van der Waals surface area (Å²) in [6.07, 6.45) is -4.45. The number of hydrogen-bond acceptors (Lipinski definition) is 3. The third-order valence-corrected chi connectivity index (χ3v) is 4.85. The predicted octanol–water partition coefficient (Wildman–Crippen LogP) is 2.78. The third kappa shape index (κ3) is 5.80. The van der Waals surface area contributed by atoms with Crippen LogP contribution in [0.2, 0.25) is 0 Å². The van der Waals surface area contributed by atoms with Crippen LogP contribution in [0.15, 0.2) is 54.6 Å². The molecule has 0 radical (unpaired) electrons. The molecule has 2 aromatic rings. The van der Waals surface area contributed by atoms with Crippen LogP contribution in [0.1, 0.15) is 21.5 Å². The van der Waals surface area contributed by atoms with Crippen LogP contribution < -0.4 is 5.32 Å². The Morgan fingerprint density at radius 2 is 1.52 bits per heavy atom. The van der Waals surface area contributed by atoms with Crippen molar-refractivity contribution in [1.82, 2.24) is 15.1 Å². The maximum absolute atomic E-state index is 12.6. The maximum Gasteiger partial charge on any atom is 0.416 e. The first-order valence-corrected chi connectivity index (χ1v) is 9.32. The van der Waals surface area contributed by atoms with Crippen molar-refractivity contribution >= 4 is 11.8 Å². The molecule has 3 rings (SSSR count). The van der Waals surface area contributed by atoms with E-state index in [2.05, 4.69) is 22.3 Å². The van der Waals surface area contributed by atoms with Crippen LogP contribution in [0, 0.1) is 0 Å². The van der Waals surface area contributed by atoms with Gasteiger partial charge >= 0.3 is 6.18 Å². The Kier molecular flexibility index (Phi) is 6.53. The van der Waals surface area contributed by atoms with Crippen LogP contribution in [0.4, 0.5) is 13.2 Å². The zero-order chi connectivity index (χ0) is 20.9. The third-order valence-electron chi connectivity index (χ3n) is 4.85. The highest BCUT2D eigenvalue weighted by Crippen LogP contribution is 2.29. The van der Waals surface area contributed by atoms with Crippen molar-refractivity contribution in [3.63, 3.8) is 0 Å². The molecule has 0 atom stereocenters. The second-order valence-electron chi connectivity index (χ2n) is 6.90. The predicted molar refractivity (Wildman–Crippen MR) is 102 cm³/mol. The van der Waals surface area contributed by atoms with Gasteiger partial charge in [0.2, 0.25) is 5.91 Å². The number of benzene rings is 2. The molecule has 1 fully saturated rings. The fourth-order valence-electron chi connectivity index (χ4n) is 3.18. The topological polar surface area (TPSA) is 52.7 Å². The largest absolute Gasteiger partial charge is 0.416 e. The minimum absolute atomic E-state index is 0.0819. The fourth-order valence-corrected chi connectivity index (χ4v) is 3.18. The van der Waals surface area contributed by atoms with E-state index in [0.717, 1.165) is 43.9 Å². The summed E-state index contributed by atoms with van der Waals surface area (Å²) in [4.78, 5) is 28.4. The highest BCUT2D eigenvalue weighted by molar-refractivity contribution is 5.96. The van der Waals surface area contributed by atoms with Gasteiger partial charge in [-0.2, -0.15) is 13.2 Å². The van der Waals surface area contributed by atoms with Crippen molar-refractivity contribution in [1.29, 1.82) is 0 Å². The zero-order valence-corrected chi connectivity index (χ0v) is 15.8. The minimum atomic E-state index is -4.45. The Balaban J connectivity index is 1.43. The average Bonchev–Trinajstić information content (AvgIpc) is 2.72. The molecule has 0 aromatic heterocycles. The van der Waals surface area contributed by atoms with Crippen molar-refractivity contribution < 1.29 is 22.8 Å². The van der Waals surface area contributed by atoms with E-state index in [0.29, 0.717) is 13.1 Å². The monoisotopic (exact) mass is 405 g/mol. The Morgan fingerprint density at radius 3 is 2.10 bits per heavy atom. The summed E-state index contributed by atoms with van der Waals surface area (Å²) in [6.45, 7) is 3.27. The summed E-state index contributed by atoms with van der Waals surface area (Å²) in [5.74, 6) is -0.778. The van der Waals surface area contributed by atoms with Gasteiger partial charge in [-0.15, -0.1) is 0 Å². The van der Waals surface area contributed by atoms with Crippen LogP contribution >= 0.6 is 0 Å². The van der Waals surface area contributed by atoms with Crippen molar-refractivity contribution in [2.75, 3.05) is 32.7 Å². The average molecular weight is 405 g/mol. The van der Waals surface area contributed by atoms with Crippen LogP contribution in [-0.2, 0) is 17.5 Å². The lowest BCUT2D eigenvalue weighted by molar-refractivity contribution is -0.137. The molecule has 0 bridgehead atoms. The molecule has 5 nitrogen and oxygen atoms in total. The number of nitrogens with one attached hydrogen (secondary N) is 1. The van der Waals surface area contributed by atoms with Gasteiger partial charge in [-0.25, -0.2) is 0 Å². The summed E-state index contributed by atoms with van der Waals surface area (Å²) >= 11 is 0. The summed E-state index contributed by atoms with van der Waals surface area (Å²) in [6, 6.07) is 14.0. The number of hydrogen-bond donors (Lipinski definition) is 1. The molecular formula is C21H22F3N3O2. The molecule has 1 saturated heterocycles. The second kappa shape index (κ2) is 9.09. The summed E-state index contributed by atoms with van der Waals surface area (Å²) in [5, 5.41) is 2.48. The van der Waals surface area contributed by atoms with Crippen molar-refractivity contribution in [2.45, 2.75) is 12.7 Å². The molecule has 29 heavy (non-hydrogen) atoms. The van der Waals surface area contributed by atoms with Gasteiger partial charge in [0, 0.05) is 38.3 Å². The van der Waals surface area contributed by atoms with E-state index >= 15 is 0 Å². The zero-order valence-electron chi connectivity index (χ0n) is 15.8. The van der Waals surface area contributed by atoms with E-state index < -0.39 is 17.6 Å². The minimum Gasteiger partial charge on any atom is -0.343 e. The van der Waals surface area contributed by atoms with E-state index in [9.17, 15) is 22.8 Å². The van der Waals surface area contributed by atoms with E-state index in [4.69, 9.17) is 0 Å². The number of carbonyl (C=O) groups excluding carboxylic acids is 2. The molecule has 0 saturated carbocycles. The molecule has 154 valence electrons. The summed E-state index contributed by atoms with van der Waals surface area (Å²) in [7, 11) is 0. The number of nitrogens with zero attached hydrogens (tertiary/aromatic N) is 2. The lowest BCUT2D eigenvalue weighted by atomic mass is 10.1. The molecule has 8 heteroatoms. The van der Waals surface area contributed by atoms with Crippen LogP contribution in [0.5, 0.6) is 0 Å². The van der Waals surface area contributed by atoms with Gasteiger partial charge in [0.1, 0.15) is 0 Å². The first-order valence-electron chi connectivity index (χ1n) is 9.32. The Hall–Kier alpha value is -2.87. The van der Waals surface area contributed by atoms with Crippen molar-refractivity contribution in [3.05, 3.63) is 71.3 Å². The van der Waals surface area contributed by atoms with Gasteiger partial charge in [-0.3, -0.25) is 14.5 Å². The highest BCUT2D eigenvalue weighted by atomic mass is 19.4. The number of piperazine rings is 1. The molecule has 1 heterocycles. The SMILES string of the molecule is O=C(NCC(=O)N1CCN(Cc2ccccc2)CC1)c1ccc(C(F)(F)F)cc1. The molecule has 0 spiro atoms. The van der Waals surface area contributed by atoms with Gasteiger partial charge in [0.15, 0.2) is 0 Å². The number of alkyl halides is 3. The Labute approximate surface area is 167 Å². The number of rotatable bonds is 5. The van der Waals surface area contributed by atoms with Crippen molar-refractivity contribution in [2.24, 2.45) is 0 Å². The lowest BCUT2D eigenvalue weighted by Gasteiger charge is -2.34. The molecule has 1 N–H and O–H groups in total. The van der Waals surface area contributed by atoms with Gasteiger partial charge in [0.05, 0.1) is 12.1 Å². The van der Waals surface area contributed by atoms with Gasteiger partial charge in [-0.1, -0.05) is 30.3 Å². The normalized spacial score (nSPS) is 15.2. The van der Waals surface area contributed by atoms with E-state index in [-0.39, 0.29) is 18.0 Å². The first-order chi connectivity index (χ1) is 13.8. The van der Waals surface area contributed by atoms with Gasteiger partial charge < -0.3 is 10.2 Å². The molecule has 1 aliphatic rings. The molecular weight excluding hydrogens is 383 g/mol. The Morgan fingerprint density at radius 1 is 0.897 bits per heavy atom. The van der Waals surface area contributed by atoms with Crippen molar-refractivity contribution in [3.8, 4) is 0 Å². The van der Waals surface area contributed by atoms with E-state index in [1.54, 1.807) is 4.90 Å². The number of halogens is 3. The molecule has 2 amide bonds. The second-order valence-corrected chi connectivity index (χ2v) is 6.90. The number of carbonyl (C=O) groups is 2.